The number of urea groups is 1. The molecule has 1 rings (SSSR count). The van der Waals surface area contributed by atoms with Crippen LogP contribution in [-0.4, -0.2) is 48.8 Å². The Morgan fingerprint density at radius 3 is 2.75 bits per heavy atom. The van der Waals surface area contributed by atoms with Crippen LogP contribution in [0, 0.1) is 3.57 Å². The summed E-state index contributed by atoms with van der Waals surface area (Å²) in [5, 5.41) is 12.0. The standard InChI is InChI=1S/C12H14ClIN2O4/c1-20-5-4-16(7-11(17)18)12(19)15-10-3-2-8(13)6-9(10)14/h2-3,6H,4-5,7H2,1H3,(H,15,19)(H,17,18). The molecule has 0 atom stereocenters. The molecule has 2 amide bonds. The van der Waals surface area contributed by atoms with Crippen molar-refractivity contribution < 1.29 is 19.4 Å². The summed E-state index contributed by atoms with van der Waals surface area (Å²) in [6, 6.07) is 4.52. The number of hydrogen-bond acceptors (Lipinski definition) is 3. The summed E-state index contributed by atoms with van der Waals surface area (Å²) in [6.45, 7) is 0.0660. The predicted molar refractivity (Wildman–Crippen MR) is 84.3 cm³/mol. The van der Waals surface area contributed by atoms with Crippen LogP contribution in [0.1, 0.15) is 0 Å². The number of ether oxygens (including phenoxy) is 1. The number of amides is 2. The fourth-order valence-electron chi connectivity index (χ4n) is 1.40. The maximum absolute atomic E-state index is 12.1. The van der Waals surface area contributed by atoms with Crippen molar-refractivity contribution in [2.75, 3.05) is 32.1 Å². The molecular weight excluding hydrogens is 398 g/mol. The van der Waals surface area contributed by atoms with E-state index in [2.05, 4.69) is 5.32 Å². The van der Waals surface area contributed by atoms with Crippen LogP contribution < -0.4 is 5.32 Å². The van der Waals surface area contributed by atoms with Crippen LogP contribution in [0.25, 0.3) is 0 Å². The van der Waals surface area contributed by atoms with Gasteiger partial charge in [-0.25, -0.2) is 4.79 Å². The third kappa shape index (κ3) is 5.51. The fourth-order valence-corrected chi connectivity index (χ4v) is 2.41. The van der Waals surface area contributed by atoms with E-state index in [-0.39, 0.29) is 19.7 Å². The van der Waals surface area contributed by atoms with Gasteiger partial charge in [0.1, 0.15) is 6.54 Å². The number of carboxylic acid groups (broad SMARTS) is 1. The lowest BCUT2D eigenvalue weighted by Crippen LogP contribution is -2.40. The average Bonchev–Trinajstić information content (AvgIpc) is 2.37. The first-order chi connectivity index (χ1) is 9.43. The van der Waals surface area contributed by atoms with E-state index in [0.717, 1.165) is 8.47 Å². The Morgan fingerprint density at radius 1 is 1.50 bits per heavy atom. The minimum absolute atomic E-state index is 0.193. The van der Waals surface area contributed by atoms with Crippen molar-refractivity contribution >= 4 is 51.9 Å². The third-order valence-corrected chi connectivity index (χ3v) is 3.48. The molecule has 0 heterocycles. The van der Waals surface area contributed by atoms with E-state index in [0.29, 0.717) is 10.7 Å². The van der Waals surface area contributed by atoms with Crippen LogP contribution in [0.5, 0.6) is 0 Å². The first kappa shape index (κ1) is 17.0. The molecule has 0 aliphatic rings. The fraction of sp³-hybridized carbons (Fsp3) is 0.333. The van der Waals surface area contributed by atoms with Crippen molar-refractivity contribution in [3.8, 4) is 0 Å². The zero-order valence-electron chi connectivity index (χ0n) is 10.7. The highest BCUT2D eigenvalue weighted by atomic mass is 127. The van der Waals surface area contributed by atoms with Crippen LogP contribution in [0.2, 0.25) is 5.02 Å². The Labute approximate surface area is 135 Å². The molecule has 0 unspecified atom stereocenters. The van der Waals surface area contributed by atoms with Gasteiger partial charge in [-0.3, -0.25) is 4.79 Å². The second-order valence-electron chi connectivity index (χ2n) is 3.86. The number of nitrogens with zero attached hydrogens (tertiary/aromatic N) is 1. The van der Waals surface area contributed by atoms with Gasteiger partial charge in [-0.15, -0.1) is 0 Å². The summed E-state index contributed by atoms with van der Waals surface area (Å²) in [5.74, 6) is -1.08. The molecule has 1 aromatic carbocycles. The summed E-state index contributed by atoms with van der Waals surface area (Å²) < 4.78 is 5.63. The number of hydrogen-bond donors (Lipinski definition) is 2. The summed E-state index contributed by atoms with van der Waals surface area (Å²) >= 11 is 7.87. The van der Waals surface area contributed by atoms with Crippen LogP contribution in [0.15, 0.2) is 18.2 Å². The molecule has 0 spiro atoms. The number of carbonyl (C=O) groups excluding carboxylic acids is 1. The molecule has 8 heteroatoms. The molecule has 0 bridgehead atoms. The highest BCUT2D eigenvalue weighted by Gasteiger charge is 2.17. The number of halogens is 2. The van der Waals surface area contributed by atoms with Gasteiger partial charge < -0.3 is 20.1 Å². The van der Waals surface area contributed by atoms with Gasteiger partial charge in [-0.2, -0.15) is 0 Å². The lowest BCUT2D eigenvalue weighted by Gasteiger charge is -2.21. The highest BCUT2D eigenvalue weighted by molar-refractivity contribution is 14.1. The molecule has 110 valence electrons. The minimum Gasteiger partial charge on any atom is -0.480 e. The molecule has 0 aromatic heterocycles. The van der Waals surface area contributed by atoms with E-state index < -0.39 is 12.0 Å². The van der Waals surface area contributed by atoms with Gasteiger partial charge in [-0.1, -0.05) is 11.6 Å². The van der Waals surface area contributed by atoms with E-state index in [9.17, 15) is 9.59 Å². The topological polar surface area (TPSA) is 78.9 Å². The van der Waals surface area contributed by atoms with E-state index >= 15 is 0 Å². The van der Waals surface area contributed by atoms with E-state index in [1.807, 2.05) is 22.6 Å². The van der Waals surface area contributed by atoms with Crippen LogP contribution in [0.3, 0.4) is 0 Å². The number of methoxy groups -OCH3 is 1. The maximum atomic E-state index is 12.1. The SMILES string of the molecule is COCCN(CC(=O)O)C(=O)Nc1ccc(Cl)cc1I. The largest absolute Gasteiger partial charge is 0.480 e. The molecule has 0 saturated carbocycles. The number of carboxylic acids is 1. The van der Waals surface area contributed by atoms with Crippen molar-refractivity contribution in [3.63, 3.8) is 0 Å². The number of rotatable bonds is 6. The van der Waals surface area contributed by atoms with Crippen molar-refractivity contribution in [1.29, 1.82) is 0 Å². The predicted octanol–water partition coefficient (Wildman–Crippen LogP) is 2.51. The van der Waals surface area contributed by atoms with Gasteiger partial charge in [0.05, 0.1) is 12.3 Å². The zero-order chi connectivity index (χ0) is 15.1. The smallest absolute Gasteiger partial charge is 0.323 e. The van der Waals surface area contributed by atoms with Crippen LogP contribution >= 0.6 is 34.2 Å². The van der Waals surface area contributed by atoms with Crippen LogP contribution in [-0.2, 0) is 9.53 Å². The lowest BCUT2D eigenvalue weighted by atomic mass is 10.3. The number of carbonyl (C=O) groups is 2. The second kappa shape index (κ2) is 8.28. The van der Waals surface area contributed by atoms with Crippen LogP contribution in [0.4, 0.5) is 10.5 Å². The highest BCUT2D eigenvalue weighted by Crippen LogP contribution is 2.22. The zero-order valence-corrected chi connectivity index (χ0v) is 13.6. The van der Waals surface area contributed by atoms with Crippen molar-refractivity contribution in [2.45, 2.75) is 0 Å². The van der Waals surface area contributed by atoms with Crippen molar-refractivity contribution in [2.24, 2.45) is 0 Å². The Hall–Kier alpha value is -1.06. The number of benzene rings is 1. The van der Waals surface area contributed by atoms with E-state index in [1.54, 1.807) is 18.2 Å². The Kier molecular flexibility index (Phi) is 7.03. The quantitative estimate of drug-likeness (QED) is 0.704. The molecule has 1 aromatic rings. The van der Waals surface area contributed by atoms with E-state index in [1.165, 1.54) is 7.11 Å². The molecule has 6 nitrogen and oxygen atoms in total. The molecule has 0 fully saturated rings. The average molecular weight is 413 g/mol. The Bertz CT molecular complexity index is 498. The van der Waals surface area contributed by atoms with Gasteiger partial charge in [0.25, 0.3) is 0 Å². The van der Waals surface area contributed by atoms with Gasteiger partial charge >= 0.3 is 12.0 Å². The first-order valence-corrected chi connectivity index (χ1v) is 7.11. The Balaban J connectivity index is 2.76. The van der Waals surface area contributed by atoms with Gasteiger partial charge in [0.2, 0.25) is 0 Å². The van der Waals surface area contributed by atoms with Gasteiger partial charge in [0, 0.05) is 22.2 Å². The number of anilines is 1. The molecule has 0 aliphatic carbocycles. The lowest BCUT2D eigenvalue weighted by molar-refractivity contribution is -0.137. The Morgan fingerprint density at radius 2 is 2.20 bits per heavy atom. The molecule has 0 radical (unpaired) electrons. The first-order valence-electron chi connectivity index (χ1n) is 5.65. The molecular formula is C12H14ClIN2O4. The molecule has 0 aliphatic heterocycles. The van der Waals surface area contributed by atoms with Crippen molar-refractivity contribution in [1.82, 2.24) is 4.90 Å². The third-order valence-electron chi connectivity index (χ3n) is 2.35. The normalized spacial score (nSPS) is 10.2. The summed E-state index contributed by atoms with van der Waals surface area (Å²) in [6.07, 6.45) is 0. The van der Waals surface area contributed by atoms with Gasteiger partial charge in [0.15, 0.2) is 0 Å². The summed E-state index contributed by atoms with van der Waals surface area (Å²) in [5.41, 5.74) is 0.577. The van der Waals surface area contributed by atoms with Crippen molar-refractivity contribution in [3.05, 3.63) is 26.8 Å². The monoisotopic (exact) mass is 412 g/mol. The maximum Gasteiger partial charge on any atom is 0.323 e. The van der Waals surface area contributed by atoms with E-state index in [4.69, 9.17) is 21.4 Å². The summed E-state index contributed by atoms with van der Waals surface area (Å²) in [4.78, 5) is 24.0. The number of nitrogens with one attached hydrogen (secondary N) is 1. The van der Waals surface area contributed by atoms with Gasteiger partial charge in [-0.05, 0) is 40.8 Å². The second-order valence-corrected chi connectivity index (χ2v) is 5.46. The molecule has 2 N–H and O–H groups in total. The molecule has 0 saturated heterocycles. The molecule has 20 heavy (non-hydrogen) atoms. The summed E-state index contributed by atoms with van der Waals surface area (Å²) in [7, 11) is 1.49. The minimum atomic E-state index is -1.08. The number of aliphatic carboxylic acids is 1.